The van der Waals surface area contributed by atoms with Gasteiger partial charge in [0.1, 0.15) is 11.2 Å². The first kappa shape index (κ1) is 22.8. The van der Waals surface area contributed by atoms with Crippen LogP contribution in [0.2, 0.25) is 0 Å². The SMILES string of the molecule is CCCN1CCC2(CC1)NC(=O)N(CC1CCN(C(=O)c3cc(C(C)C)[nH]n3)CC1)C2=O. The number of hydrogen-bond donors (Lipinski definition) is 2. The Balaban J connectivity index is 1.30. The molecule has 3 aliphatic heterocycles. The van der Waals surface area contributed by atoms with Crippen molar-refractivity contribution in [1.82, 2.24) is 30.2 Å². The van der Waals surface area contributed by atoms with Gasteiger partial charge in [-0.2, -0.15) is 5.10 Å². The highest BCUT2D eigenvalue weighted by Crippen LogP contribution is 2.31. The lowest BCUT2D eigenvalue weighted by Gasteiger charge is -2.37. The van der Waals surface area contributed by atoms with Crippen LogP contribution in [-0.4, -0.2) is 87.6 Å². The number of rotatable bonds is 6. The normalized spacial score (nSPS) is 22.2. The Labute approximate surface area is 189 Å². The average Bonchev–Trinajstić information content (AvgIpc) is 3.36. The lowest BCUT2D eigenvalue weighted by molar-refractivity contribution is -0.133. The number of imide groups is 1. The maximum atomic E-state index is 13.2. The van der Waals surface area contributed by atoms with Crippen molar-refractivity contribution >= 4 is 17.8 Å². The monoisotopic (exact) mass is 444 g/mol. The molecule has 32 heavy (non-hydrogen) atoms. The smallest absolute Gasteiger partial charge is 0.325 e. The zero-order chi connectivity index (χ0) is 22.9. The van der Waals surface area contributed by atoms with Crippen LogP contribution in [-0.2, 0) is 4.79 Å². The fourth-order valence-electron chi connectivity index (χ4n) is 5.14. The predicted molar refractivity (Wildman–Crippen MR) is 120 cm³/mol. The Bertz CT molecular complexity index is 850. The third-order valence-corrected chi connectivity index (χ3v) is 7.28. The molecule has 9 heteroatoms. The van der Waals surface area contributed by atoms with Crippen molar-refractivity contribution in [3.05, 3.63) is 17.5 Å². The standard InChI is InChI=1S/C23H36N6O3/c1-4-9-27-12-7-23(8-13-27)21(31)29(22(32)24-23)15-17-5-10-28(11-6-17)20(30)19-14-18(16(2)3)25-26-19/h14,16-17H,4-13,15H2,1-3H3,(H,24,32)(H,25,26). The number of carbonyl (C=O) groups excluding carboxylic acids is 3. The van der Waals surface area contributed by atoms with Gasteiger partial charge in [-0.25, -0.2) is 4.79 Å². The van der Waals surface area contributed by atoms with Crippen molar-refractivity contribution < 1.29 is 14.4 Å². The zero-order valence-corrected chi connectivity index (χ0v) is 19.5. The van der Waals surface area contributed by atoms with Gasteiger partial charge < -0.3 is 15.1 Å². The molecule has 0 saturated carbocycles. The quantitative estimate of drug-likeness (QED) is 0.655. The number of aromatic amines is 1. The van der Waals surface area contributed by atoms with Gasteiger partial charge in [0.05, 0.1) is 0 Å². The van der Waals surface area contributed by atoms with E-state index in [2.05, 4.69) is 41.2 Å². The summed E-state index contributed by atoms with van der Waals surface area (Å²) in [6.45, 7) is 10.7. The summed E-state index contributed by atoms with van der Waals surface area (Å²) in [6.07, 6.45) is 4.02. The minimum Gasteiger partial charge on any atom is -0.337 e. The number of H-pyrrole nitrogens is 1. The van der Waals surface area contributed by atoms with Gasteiger partial charge in [-0.15, -0.1) is 0 Å². The Hall–Kier alpha value is -2.42. The van der Waals surface area contributed by atoms with Crippen LogP contribution in [0.25, 0.3) is 0 Å². The lowest BCUT2D eigenvalue weighted by Crippen LogP contribution is -2.55. The molecule has 1 spiro atoms. The molecule has 0 aliphatic carbocycles. The lowest BCUT2D eigenvalue weighted by atomic mass is 9.87. The number of nitrogens with one attached hydrogen (secondary N) is 2. The van der Waals surface area contributed by atoms with Gasteiger partial charge in [0.25, 0.3) is 11.8 Å². The summed E-state index contributed by atoms with van der Waals surface area (Å²) in [4.78, 5) is 44.3. The molecule has 3 aliphatic rings. The van der Waals surface area contributed by atoms with Crippen molar-refractivity contribution in [2.45, 2.75) is 64.3 Å². The molecular formula is C23H36N6O3. The molecule has 0 radical (unpaired) electrons. The Kier molecular flexibility index (Phi) is 6.55. The highest BCUT2D eigenvalue weighted by Gasteiger charge is 2.52. The van der Waals surface area contributed by atoms with Crippen LogP contribution >= 0.6 is 0 Å². The first-order valence-corrected chi connectivity index (χ1v) is 12.0. The van der Waals surface area contributed by atoms with Crippen LogP contribution in [0, 0.1) is 5.92 Å². The molecule has 3 fully saturated rings. The highest BCUT2D eigenvalue weighted by molar-refractivity contribution is 6.07. The molecule has 1 aromatic rings. The predicted octanol–water partition coefficient (Wildman–Crippen LogP) is 2.18. The van der Waals surface area contributed by atoms with Gasteiger partial charge in [0, 0.05) is 38.4 Å². The molecule has 0 bridgehead atoms. The molecule has 0 aromatic carbocycles. The van der Waals surface area contributed by atoms with Crippen LogP contribution in [0.15, 0.2) is 6.07 Å². The van der Waals surface area contributed by atoms with Gasteiger partial charge in [-0.05, 0) is 56.6 Å². The van der Waals surface area contributed by atoms with E-state index in [1.807, 2.05) is 11.0 Å². The largest absolute Gasteiger partial charge is 0.337 e. The second-order valence-electron chi connectivity index (χ2n) is 9.87. The van der Waals surface area contributed by atoms with Crippen molar-refractivity contribution in [3.63, 3.8) is 0 Å². The summed E-state index contributed by atoms with van der Waals surface area (Å²) in [5.41, 5.74) is 0.695. The molecule has 2 N–H and O–H groups in total. The maximum absolute atomic E-state index is 13.2. The number of hydrogen-bond acceptors (Lipinski definition) is 5. The molecule has 0 unspecified atom stereocenters. The molecule has 4 rings (SSSR count). The highest BCUT2D eigenvalue weighted by atomic mass is 16.2. The number of aromatic nitrogens is 2. The molecular weight excluding hydrogens is 408 g/mol. The Morgan fingerprint density at radius 1 is 1.19 bits per heavy atom. The number of amides is 4. The van der Waals surface area contributed by atoms with Gasteiger partial charge in [-0.1, -0.05) is 20.8 Å². The van der Waals surface area contributed by atoms with E-state index in [1.54, 1.807) is 0 Å². The summed E-state index contributed by atoms with van der Waals surface area (Å²) >= 11 is 0. The minimum atomic E-state index is -0.716. The topological polar surface area (TPSA) is 102 Å². The van der Waals surface area contributed by atoms with E-state index in [9.17, 15) is 14.4 Å². The van der Waals surface area contributed by atoms with Crippen LogP contribution in [0.1, 0.15) is 75.0 Å². The summed E-state index contributed by atoms with van der Waals surface area (Å²) < 4.78 is 0. The van der Waals surface area contributed by atoms with Gasteiger partial charge in [-0.3, -0.25) is 19.6 Å². The maximum Gasteiger partial charge on any atom is 0.325 e. The molecule has 1 aromatic heterocycles. The summed E-state index contributed by atoms with van der Waals surface area (Å²) in [6, 6.07) is 1.58. The number of likely N-dealkylation sites (tertiary alicyclic amines) is 2. The van der Waals surface area contributed by atoms with Crippen molar-refractivity contribution in [3.8, 4) is 0 Å². The molecule has 4 amide bonds. The molecule has 176 valence electrons. The number of piperidine rings is 2. The van der Waals surface area contributed by atoms with Crippen LogP contribution in [0.5, 0.6) is 0 Å². The third-order valence-electron chi connectivity index (χ3n) is 7.28. The van der Waals surface area contributed by atoms with Gasteiger partial charge in [0.15, 0.2) is 0 Å². The van der Waals surface area contributed by atoms with E-state index in [0.29, 0.717) is 44.1 Å². The van der Waals surface area contributed by atoms with Crippen LogP contribution in [0.3, 0.4) is 0 Å². The average molecular weight is 445 g/mol. The van der Waals surface area contributed by atoms with Crippen molar-refractivity contribution in [1.29, 1.82) is 0 Å². The first-order valence-electron chi connectivity index (χ1n) is 12.0. The van der Waals surface area contributed by atoms with E-state index in [4.69, 9.17) is 0 Å². The molecule has 3 saturated heterocycles. The Morgan fingerprint density at radius 3 is 2.47 bits per heavy atom. The fraction of sp³-hybridized carbons (Fsp3) is 0.739. The minimum absolute atomic E-state index is 0.0561. The van der Waals surface area contributed by atoms with E-state index in [0.717, 1.165) is 44.6 Å². The van der Waals surface area contributed by atoms with Gasteiger partial charge >= 0.3 is 6.03 Å². The Morgan fingerprint density at radius 2 is 1.88 bits per heavy atom. The summed E-state index contributed by atoms with van der Waals surface area (Å²) in [5.74, 6) is 0.393. The number of urea groups is 1. The van der Waals surface area contributed by atoms with E-state index in [-0.39, 0.29) is 23.8 Å². The first-order chi connectivity index (χ1) is 15.3. The van der Waals surface area contributed by atoms with Crippen LogP contribution in [0.4, 0.5) is 4.79 Å². The summed E-state index contributed by atoms with van der Waals surface area (Å²) in [5, 5.41) is 10.1. The van der Waals surface area contributed by atoms with E-state index in [1.165, 1.54) is 4.90 Å². The second-order valence-corrected chi connectivity index (χ2v) is 9.87. The third kappa shape index (κ3) is 4.40. The van der Waals surface area contributed by atoms with E-state index >= 15 is 0 Å². The van der Waals surface area contributed by atoms with Crippen molar-refractivity contribution in [2.24, 2.45) is 5.92 Å². The van der Waals surface area contributed by atoms with E-state index < -0.39 is 5.54 Å². The molecule has 0 atom stereocenters. The fourth-order valence-corrected chi connectivity index (χ4v) is 5.14. The van der Waals surface area contributed by atoms with Crippen molar-refractivity contribution in [2.75, 3.05) is 39.3 Å². The molecule has 9 nitrogen and oxygen atoms in total. The van der Waals surface area contributed by atoms with Crippen LogP contribution < -0.4 is 5.32 Å². The van der Waals surface area contributed by atoms with Gasteiger partial charge in [0.2, 0.25) is 0 Å². The molecule has 4 heterocycles. The second kappa shape index (κ2) is 9.21. The summed E-state index contributed by atoms with van der Waals surface area (Å²) in [7, 11) is 0. The number of nitrogens with zero attached hydrogens (tertiary/aromatic N) is 4. The zero-order valence-electron chi connectivity index (χ0n) is 19.5. The number of carbonyl (C=O) groups is 3.